The van der Waals surface area contributed by atoms with Crippen molar-refractivity contribution in [2.45, 2.75) is 26.0 Å². The molecule has 0 rings (SSSR count). The van der Waals surface area contributed by atoms with Gasteiger partial charge in [0, 0.05) is 26.8 Å². The fraction of sp³-hybridized carbons (Fsp3) is 1.00. The monoisotopic (exact) mass is 252 g/mol. The number of hydrogen-bond donors (Lipinski definition) is 2. The highest BCUT2D eigenvalue weighted by Crippen LogP contribution is 1.99. The topological polar surface area (TPSA) is 67.4 Å². The van der Waals surface area contributed by atoms with E-state index in [9.17, 15) is 8.42 Å². The van der Waals surface area contributed by atoms with Crippen molar-refractivity contribution in [3.63, 3.8) is 0 Å². The van der Waals surface area contributed by atoms with E-state index < -0.39 is 15.3 Å². The van der Waals surface area contributed by atoms with Crippen LogP contribution in [0.2, 0.25) is 0 Å². The largest absolute Gasteiger partial charge is 0.384 e. The minimum Gasteiger partial charge on any atom is -0.384 e. The summed E-state index contributed by atoms with van der Waals surface area (Å²) in [7, 11) is -1.60. The first-order chi connectivity index (χ1) is 7.44. The Morgan fingerprint density at radius 3 is 2.38 bits per heavy atom. The van der Waals surface area contributed by atoms with Crippen molar-refractivity contribution in [1.82, 2.24) is 10.0 Å². The third-order valence-electron chi connectivity index (χ3n) is 2.30. The summed E-state index contributed by atoms with van der Waals surface area (Å²) in [5, 5.41) is 2.61. The van der Waals surface area contributed by atoms with E-state index >= 15 is 0 Å². The van der Waals surface area contributed by atoms with Gasteiger partial charge >= 0.3 is 0 Å². The normalized spacial score (nSPS) is 16.0. The Bertz CT molecular complexity index is 267. The molecule has 0 aliphatic carbocycles. The number of nitrogens with one attached hydrogen (secondary N) is 2. The number of hydrogen-bond acceptors (Lipinski definition) is 4. The first-order valence-corrected chi connectivity index (χ1v) is 7.16. The van der Waals surface area contributed by atoms with E-state index in [0.717, 1.165) is 6.54 Å². The average Bonchev–Trinajstić information content (AvgIpc) is 2.23. The minimum absolute atomic E-state index is 0.186. The van der Waals surface area contributed by atoms with Gasteiger partial charge < -0.3 is 10.1 Å². The summed E-state index contributed by atoms with van der Waals surface area (Å²) in [5.74, 6) is 0.186. The summed E-state index contributed by atoms with van der Waals surface area (Å²) in [6, 6.07) is 0. The maximum Gasteiger partial charge on any atom is 0.215 e. The van der Waals surface area contributed by atoms with Crippen molar-refractivity contribution in [2.75, 3.05) is 33.4 Å². The lowest BCUT2D eigenvalue weighted by atomic mass is 10.2. The molecule has 98 valence electrons. The van der Waals surface area contributed by atoms with Crippen molar-refractivity contribution < 1.29 is 13.2 Å². The highest BCUT2D eigenvalue weighted by molar-refractivity contribution is 7.90. The second kappa shape index (κ2) is 8.00. The molecule has 0 aromatic heterocycles. The standard InChI is InChI=1S/C10H24N2O3S/c1-5-11-7-10(3)16(13,14)12-6-9(2)8-15-4/h9-12H,5-8H2,1-4H3. The van der Waals surface area contributed by atoms with Crippen molar-refractivity contribution in [2.24, 2.45) is 5.92 Å². The summed E-state index contributed by atoms with van der Waals surface area (Å²) in [6.07, 6.45) is 0. The quantitative estimate of drug-likeness (QED) is 0.614. The zero-order valence-corrected chi connectivity index (χ0v) is 11.4. The highest BCUT2D eigenvalue weighted by Gasteiger charge is 2.20. The molecule has 0 spiro atoms. The predicted octanol–water partition coefficient (Wildman–Crippen LogP) is 0.186. The van der Waals surface area contributed by atoms with E-state index in [1.165, 1.54) is 0 Å². The Kier molecular flexibility index (Phi) is 7.91. The van der Waals surface area contributed by atoms with Gasteiger partial charge in [-0.25, -0.2) is 13.1 Å². The van der Waals surface area contributed by atoms with Crippen LogP contribution in [0.3, 0.4) is 0 Å². The summed E-state index contributed by atoms with van der Waals surface area (Å²) in [4.78, 5) is 0. The van der Waals surface area contributed by atoms with Crippen molar-refractivity contribution in [3.05, 3.63) is 0 Å². The Labute approximate surface area is 99.0 Å². The van der Waals surface area contributed by atoms with Crippen molar-refractivity contribution in [3.8, 4) is 0 Å². The molecule has 0 aliphatic heterocycles. The maximum absolute atomic E-state index is 11.8. The molecule has 0 fully saturated rings. The molecule has 0 saturated carbocycles. The molecule has 0 aromatic carbocycles. The van der Waals surface area contributed by atoms with Crippen LogP contribution in [0, 0.1) is 5.92 Å². The zero-order chi connectivity index (χ0) is 12.6. The first-order valence-electron chi connectivity index (χ1n) is 5.62. The molecule has 2 atom stereocenters. The molecule has 6 heteroatoms. The fourth-order valence-corrected chi connectivity index (χ4v) is 2.34. The van der Waals surface area contributed by atoms with Gasteiger partial charge in [-0.1, -0.05) is 13.8 Å². The van der Waals surface area contributed by atoms with Gasteiger partial charge in [0.15, 0.2) is 0 Å². The molecule has 5 nitrogen and oxygen atoms in total. The molecular formula is C10H24N2O3S. The number of ether oxygens (including phenoxy) is 1. The lowest BCUT2D eigenvalue weighted by Gasteiger charge is -2.16. The Morgan fingerprint density at radius 1 is 1.25 bits per heavy atom. The SMILES string of the molecule is CCNCC(C)S(=O)(=O)NCC(C)COC. The highest BCUT2D eigenvalue weighted by atomic mass is 32.2. The Balaban J connectivity index is 4.03. The second-order valence-electron chi connectivity index (χ2n) is 4.07. The molecule has 0 aliphatic rings. The van der Waals surface area contributed by atoms with Crippen molar-refractivity contribution >= 4 is 10.0 Å². The van der Waals surface area contributed by atoms with E-state index in [4.69, 9.17) is 4.74 Å². The smallest absolute Gasteiger partial charge is 0.215 e. The maximum atomic E-state index is 11.8. The van der Waals surface area contributed by atoms with Crippen LogP contribution < -0.4 is 10.0 Å². The number of rotatable bonds is 9. The van der Waals surface area contributed by atoms with Gasteiger partial charge in [0.25, 0.3) is 0 Å². The molecule has 16 heavy (non-hydrogen) atoms. The van der Waals surface area contributed by atoms with Gasteiger partial charge in [-0.15, -0.1) is 0 Å². The number of methoxy groups -OCH3 is 1. The number of sulfonamides is 1. The van der Waals surface area contributed by atoms with E-state index in [-0.39, 0.29) is 5.92 Å². The summed E-state index contributed by atoms with van der Waals surface area (Å²) in [5.41, 5.74) is 0. The summed E-state index contributed by atoms with van der Waals surface area (Å²) < 4.78 is 31.1. The van der Waals surface area contributed by atoms with Crippen LogP contribution in [0.15, 0.2) is 0 Å². The Hall–Kier alpha value is -0.170. The van der Waals surface area contributed by atoms with Crippen molar-refractivity contribution in [1.29, 1.82) is 0 Å². The minimum atomic E-state index is -3.21. The summed E-state index contributed by atoms with van der Waals surface area (Å²) in [6.45, 7) is 7.83. The van der Waals surface area contributed by atoms with Crippen LogP contribution >= 0.6 is 0 Å². The average molecular weight is 252 g/mol. The van der Waals surface area contributed by atoms with E-state index in [2.05, 4.69) is 10.0 Å². The van der Waals surface area contributed by atoms with Crippen LogP contribution in [0.4, 0.5) is 0 Å². The molecule has 0 bridgehead atoms. The molecular weight excluding hydrogens is 228 g/mol. The predicted molar refractivity (Wildman–Crippen MR) is 66.0 cm³/mol. The molecule has 0 radical (unpaired) electrons. The van der Waals surface area contributed by atoms with Crippen LogP contribution in [-0.4, -0.2) is 47.0 Å². The molecule has 2 unspecified atom stereocenters. The fourth-order valence-electron chi connectivity index (χ4n) is 1.20. The van der Waals surface area contributed by atoms with Crippen LogP contribution in [0.5, 0.6) is 0 Å². The second-order valence-corrected chi connectivity index (χ2v) is 6.26. The third kappa shape index (κ3) is 6.42. The van der Waals surface area contributed by atoms with E-state index in [1.54, 1.807) is 14.0 Å². The van der Waals surface area contributed by atoms with E-state index in [0.29, 0.717) is 19.7 Å². The molecule has 2 N–H and O–H groups in total. The lowest BCUT2D eigenvalue weighted by Crippen LogP contribution is -2.40. The van der Waals surface area contributed by atoms with Gasteiger partial charge in [0.2, 0.25) is 10.0 Å². The third-order valence-corrected chi connectivity index (χ3v) is 4.09. The van der Waals surface area contributed by atoms with Gasteiger partial charge in [0.05, 0.1) is 5.25 Å². The van der Waals surface area contributed by atoms with Gasteiger partial charge in [-0.2, -0.15) is 0 Å². The van der Waals surface area contributed by atoms with Crippen LogP contribution in [-0.2, 0) is 14.8 Å². The van der Waals surface area contributed by atoms with Gasteiger partial charge in [-0.3, -0.25) is 0 Å². The van der Waals surface area contributed by atoms with E-state index in [1.807, 2.05) is 13.8 Å². The molecule has 0 saturated heterocycles. The molecule has 0 amide bonds. The Morgan fingerprint density at radius 2 is 1.88 bits per heavy atom. The molecule has 0 heterocycles. The zero-order valence-electron chi connectivity index (χ0n) is 10.6. The first kappa shape index (κ1) is 15.8. The lowest BCUT2D eigenvalue weighted by molar-refractivity contribution is 0.161. The van der Waals surface area contributed by atoms with Gasteiger partial charge in [0.1, 0.15) is 0 Å². The molecule has 0 aromatic rings. The van der Waals surface area contributed by atoms with Gasteiger partial charge in [-0.05, 0) is 19.4 Å². The summed E-state index contributed by atoms with van der Waals surface area (Å²) >= 11 is 0. The van der Waals surface area contributed by atoms with Crippen LogP contribution in [0.25, 0.3) is 0 Å². The van der Waals surface area contributed by atoms with Crippen LogP contribution in [0.1, 0.15) is 20.8 Å².